The second kappa shape index (κ2) is 11.8. The van der Waals surface area contributed by atoms with Crippen LogP contribution < -0.4 is 5.32 Å². The number of urea groups is 1. The molecule has 7 heteroatoms. The van der Waals surface area contributed by atoms with Gasteiger partial charge >= 0.3 is 6.03 Å². The highest BCUT2D eigenvalue weighted by molar-refractivity contribution is 5.74. The van der Waals surface area contributed by atoms with E-state index in [0.29, 0.717) is 19.6 Å². The molecule has 168 valence electrons. The van der Waals surface area contributed by atoms with Gasteiger partial charge in [-0.15, -0.1) is 0 Å². The number of benzene rings is 2. The molecule has 0 atom stereocenters. The van der Waals surface area contributed by atoms with E-state index in [9.17, 15) is 9.18 Å². The van der Waals surface area contributed by atoms with Gasteiger partial charge in [-0.3, -0.25) is 4.90 Å². The number of morpholine rings is 1. The van der Waals surface area contributed by atoms with E-state index < -0.39 is 0 Å². The number of ether oxygens (including phenoxy) is 1. The van der Waals surface area contributed by atoms with Gasteiger partial charge in [0.1, 0.15) is 5.82 Å². The van der Waals surface area contributed by atoms with Crippen LogP contribution in [0.1, 0.15) is 16.7 Å². The molecule has 6 nitrogen and oxygen atoms in total. The molecule has 1 aliphatic heterocycles. The number of rotatable bonds is 9. The van der Waals surface area contributed by atoms with Crippen LogP contribution in [0.5, 0.6) is 0 Å². The number of amides is 2. The lowest BCUT2D eigenvalue weighted by Crippen LogP contribution is -2.42. The van der Waals surface area contributed by atoms with Gasteiger partial charge < -0.3 is 19.9 Å². The second-order valence-corrected chi connectivity index (χ2v) is 8.17. The molecule has 0 radical (unpaired) electrons. The summed E-state index contributed by atoms with van der Waals surface area (Å²) in [5, 5.41) is 3.08. The summed E-state index contributed by atoms with van der Waals surface area (Å²) >= 11 is 0. The lowest BCUT2D eigenvalue weighted by atomic mass is 10.1. The summed E-state index contributed by atoms with van der Waals surface area (Å²) in [7, 11) is 3.96. The van der Waals surface area contributed by atoms with Crippen LogP contribution in [0.15, 0.2) is 48.5 Å². The minimum absolute atomic E-state index is 0.118. The zero-order valence-electron chi connectivity index (χ0n) is 18.5. The van der Waals surface area contributed by atoms with E-state index >= 15 is 0 Å². The maximum absolute atomic E-state index is 13.2. The van der Waals surface area contributed by atoms with E-state index in [1.165, 1.54) is 17.7 Å². The van der Waals surface area contributed by atoms with Crippen LogP contribution in [0.2, 0.25) is 0 Å². The molecule has 1 aliphatic rings. The van der Waals surface area contributed by atoms with Crippen LogP contribution in [0, 0.1) is 5.82 Å². The highest BCUT2D eigenvalue weighted by Gasteiger charge is 2.16. The van der Waals surface area contributed by atoms with Crippen molar-refractivity contribution in [2.75, 3.05) is 53.5 Å². The first kappa shape index (κ1) is 23.2. The molecule has 0 aromatic heterocycles. The predicted molar refractivity (Wildman–Crippen MR) is 120 cm³/mol. The molecule has 2 aromatic rings. The fraction of sp³-hybridized carbons (Fsp3) is 0.458. The van der Waals surface area contributed by atoms with E-state index in [2.05, 4.69) is 22.3 Å². The Balaban J connectivity index is 1.62. The molecule has 1 N–H and O–H groups in total. The maximum Gasteiger partial charge on any atom is 0.318 e. The van der Waals surface area contributed by atoms with Gasteiger partial charge in [-0.1, -0.05) is 36.4 Å². The monoisotopic (exact) mass is 428 g/mol. The number of carbonyl (C=O) groups is 1. The molecule has 1 saturated heterocycles. The Hall–Kier alpha value is -2.48. The molecule has 0 aliphatic carbocycles. The molecular weight excluding hydrogens is 395 g/mol. The van der Waals surface area contributed by atoms with Crippen molar-refractivity contribution in [3.05, 3.63) is 71.0 Å². The summed E-state index contributed by atoms with van der Waals surface area (Å²) in [6.07, 6.45) is 0. The van der Waals surface area contributed by atoms with Gasteiger partial charge in [0, 0.05) is 45.8 Å². The van der Waals surface area contributed by atoms with Crippen LogP contribution in [0.25, 0.3) is 0 Å². The number of likely N-dealkylation sites (N-methyl/N-ethyl adjacent to an activating group) is 1. The average molecular weight is 429 g/mol. The standard InChI is InChI=1S/C24H33FN4O2/c1-27(2)11-12-29(18-20-7-9-23(25)10-8-20)24(30)26-17-21-5-3-4-6-22(21)19-28-13-15-31-16-14-28/h3-10H,11-19H2,1-2H3,(H,26,30). The maximum atomic E-state index is 13.2. The predicted octanol–water partition coefficient (Wildman–Crippen LogP) is 2.93. The molecule has 0 bridgehead atoms. The van der Waals surface area contributed by atoms with Gasteiger partial charge in [0.05, 0.1) is 13.2 Å². The third-order valence-electron chi connectivity index (χ3n) is 5.44. The number of carbonyl (C=O) groups excluding carboxylic acids is 1. The van der Waals surface area contributed by atoms with Crippen molar-refractivity contribution in [3.63, 3.8) is 0 Å². The number of nitrogens with one attached hydrogen (secondary N) is 1. The van der Waals surface area contributed by atoms with Crippen LogP contribution in [0.4, 0.5) is 9.18 Å². The molecule has 31 heavy (non-hydrogen) atoms. The quantitative estimate of drug-likeness (QED) is 0.667. The van der Waals surface area contributed by atoms with Crippen molar-refractivity contribution in [2.24, 2.45) is 0 Å². The third kappa shape index (κ3) is 7.61. The van der Waals surface area contributed by atoms with Crippen molar-refractivity contribution in [3.8, 4) is 0 Å². The van der Waals surface area contributed by atoms with E-state index in [-0.39, 0.29) is 11.8 Å². The van der Waals surface area contributed by atoms with E-state index in [4.69, 9.17) is 4.74 Å². The largest absolute Gasteiger partial charge is 0.379 e. The first-order valence-corrected chi connectivity index (χ1v) is 10.8. The van der Waals surface area contributed by atoms with Gasteiger partial charge in [0.25, 0.3) is 0 Å². The summed E-state index contributed by atoms with van der Waals surface area (Å²) in [5.74, 6) is -0.273. The zero-order valence-corrected chi connectivity index (χ0v) is 18.5. The van der Waals surface area contributed by atoms with Gasteiger partial charge in [0.2, 0.25) is 0 Å². The van der Waals surface area contributed by atoms with Crippen molar-refractivity contribution in [2.45, 2.75) is 19.6 Å². The average Bonchev–Trinajstić information content (AvgIpc) is 2.77. The first-order valence-electron chi connectivity index (χ1n) is 10.8. The fourth-order valence-electron chi connectivity index (χ4n) is 3.55. The number of hydrogen-bond acceptors (Lipinski definition) is 4. The molecule has 3 rings (SSSR count). The lowest BCUT2D eigenvalue weighted by molar-refractivity contribution is 0.0340. The van der Waals surface area contributed by atoms with Crippen LogP contribution in [-0.2, 0) is 24.4 Å². The topological polar surface area (TPSA) is 48.0 Å². The van der Waals surface area contributed by atoms with Gasteiger partial charge in [-0.2, -0.15) is 0 Å². The minimum Gasteiger partial charge on any atom is -0.379 e. The molecule has 2 aromatic carbocycles. The Kier molecular flexibility index (Phi) is 8.82. The van der Waals surface area contributed by atoms with Crippen molar-refractivity contribution in [1.29, 1.82) is 0 Å². The van der Waals surface area contributed by atoms with Crippen molar-refractivity contribution < 1.29 is 13.9 Å². The highest BCUT2D eigenvalue weighted by atomic mass is 19.1. The Labute approximate surface area is 184 Å². The van der Waals surface area contributed by atoms with Gasteiger partial charge in [-0.25, -0.2) is 9.18 Å². The van der Waals surface area contributed by atoms with Crippen LogP contribution >= 0.6 is 0 Å². The molecule has 0 saturated carbocycles. The Bertz CT molecular complexity index is 823. The lowest BCUT2D eigenvalue weighted by Gasteiger charge is -2.28. The summed E-state index contributed by atoms with van der Waals surface area (Å²) in [4.78, 5) is 19.2. The smallest absolute Gasteiger partial charge is 0.318 e. The zero-order chi connectivity index (χ0) is 22.1. The number of nitrogens with zero attached hydrogens (tertiary/aromatic N) is 3. The summed E-state index contributed by atoms with van der Waals surface area (Å²) in [6, 6.07) is 14.4. The molecule has 1 heterocycles. The SMILES string of the molecule is CN(C)CCN(Cc1ccc(F)cc1)C(=O)NCc1ccccc1CN1CCOCC1. The van der Waals surface area contributed by atoms with Gasteiger partial charge in [-0.05, 0) is 42.9 Å². The van der Waals surface area contributed by atoms with E-state index in [1.54, 1.807) is 17.0 Å². The summed E-state index contributed by atoms with van der Waals surface area (Å²) in [6.45, 7) is 6.50. The Morgan fingerprint density at radius 2 is 1.71 bits per heavy atom. The molecular formula is C24H33FN4O2. The molecule has 0 unspecified atom stereocenters. The Morgan fingerprint density at radius 1 is 1.03 bits per heavy atom. The Morgan fingerprint density at radius 3 is 2.39 bits per heavy atom. The number of halogens is 1. The van der Waals surface area contributed by atoms with Gasteiger partial charge in [0.15, 0.2) is 0 Å². The third-order valence-corrected chi connectivity index (χ3v) is 5.44. The number of hydrogen-bond donors (Lipinski definition) is 1. The summed E-state index contributed by atoms with van der Waals surface area (Å²) in [5.41, 5.74) is 3.25. The molecule has 2 amide bonds. The van der Waals surface area contributed by atoms with Crippen LogP contribution in [-0.4, -0.2) is 74.2 Å². The first-order chi connectivity index (χ1) is 15.0. The normalized spacial score (nSPS) is 14.6. The minimum atomic E-state index is -0.273. The van der Waals surface area contributed by atoms with Crippen molar-refractivity contribution in [1.82, 2.24) is 20.0 Å². The summed E-state index contributed by atoms with van der Waals surface area (Å²) < 4.78 is 18.7. The van der Waals surface area contributed by atoms with Crippen molar-refractivity contribution >= 4 is 6.03 Å². The highest BCUT2D eigenvalue weighted by Crippen LogP contribution is 2.14. The van der Waals surface area contributed by atoms with Crippen LogP contribution in [0.3, 0.4) is 0 Å². The second-order valence-electron chi connectivity index (χ2n) is 8.17. The van der Waals surface area contributed by atoms with E-state index in [0.717, 1.165) is 50.5 Å². The fourth-order valence-corrected chi connectivity index (χ4v) is 3.55. The van der Waals surface area contributed by atoms with E-state index in [1.807, 2.05) is 31.1 Å². The molecule has 0 spiro atoms. The molecule has 1 fully saturated rings.